The van der Waals surface area contributed by atoms with E-state index in [4.69, 9.17) is 0 Å². The van der Waals surface area contributed by atoms with Crippen LogP contribution in [0, 0.1) is 0 Å². The smallest absolute Gasteiger partial charge is 0.230 e. The highest BCUT2D eigenvalue weighted by Crippen LogP contribution is 2.32. The molecular formula is C16H23N3O. The molecule has 0 saturated carbocycles. The summed E-state index contributed by atoms with van der Waals surface area (Å²) in [5.41, 5.74) is 2.30. The van der Waals surface area contributed by atoms with E-state index in [1.54, 1.807) is 0 Å². The lowest BCUT2D eigenvalue weighted by Crippen LogP contribution is -2.39. The predicted octanol–water partition coefficient (Wildman–Crippen LogP) is 1.75. The zero-order valence-electron chi connectivity index (χ0n) is 12.1. The Bertz CT molecular complexity index is 488. The lowest BCUT2D eigenvalue weighted by Gasteiger charge is -2.30. The van der Waals surface area contributed by atoms with Gasteiger partial charge in [-0.05, 0) is 38.1 Å². The molecule has 0 bridgehead atoms. The molecule has 4 nitrogen and oxygen atoms in total. The van der Waals surface area contributed by atoms with Gasteiger partial charge in [-0.2, -0.15) is 0 Å². The number of carbonyl (C=O) groups excluding carboxylic acids is 1. The van der Waals surface area contributed by atoms with Crippen LogP contribution >= 0.6 is 0 Å². The molecule has 1 aromatic rings. The number of fused-ring (bicyclic) bond motifs is 1. The molecule has 2 aliphatic heterocycles. The maximum absolute atomic E-state index is 12.9. The number of benzene rings is 1. The highest BCUT2D eigenvalue weighted by atomic mass is 16.2. The summed E-state index contributed by atoms with van der Waals surface area (Å²) in [6.07, 6.45) is 1.98. The van der Waals surface area contributed by atoms with Crippen molar-refractivity contribution in [1.29, 1.82) is 0 Å². The van der Waals surface area contributed by atoms with Gasteiger partial charge in [0, 0.05) is 31.9 Å². The number of anilines is 1. The Morgan fingerprint density at radius 3 is 2.95 bits per heavy atom. The van der Waals surface area contributed by atoms with Crippen LogP contribution in [0.3, 0.4) is 0 Å². The number of amides is 1. The van der Waals surface area contributed by atoms with Crippen LogP contribution < -0.4 is 5.32 Å². The molecule has 0 radical (unpaired) electrons. The van der Waals surface area contributed by atoms with E-state index in [9.17, 15) is 4.79 Å². The van der Waals surface area contributed by atoms with Gasteiger partial charge in [0.15, 0.2) is 0 Å². The molecule has 0 spiro atoms. The molecule has 3 rings (SSSR count). The first-order chi connectivity index (χ1) is 9.75. The molecule has 0 aliphatic carbocycles. The van der Waals surface area contributed by atoms with E-state index >= 15 is 0 Å². The lowest BCUT2D eigenvalue weighted by molar-refractivity contribution is -0.132. The molecular weight excluding hydrogens is 250 g/mol. The fraction of sp³-hybridized carbons (Fsp3) is 0.562. The molecule has 20 heavy (non-hydrogen) atoms. The van der Waals surface area contributed by atoms with Gasteiger partial charge in [-0.1, -0.05) is 18.2 Å². The molecule has 1 N–H and O–H groups in total. The van der Waals surface area contributed by atoms with Gasteiger partial charge in [-0.15, -0.1) is 0 Å². The molecule has 2 heterocycles. The third-order valence-electron chi connectivity index (χ3n) is 4.41. The molecule has 108 valence electrons. The number of likely N-dealkylation sites (N-methyl/N-ethyl adjacent to an activating group) is 1. The third-order valence-corrected chi connectivity index (χ3v) is 4.41. The Morgan fingerprint density at radius 1 is 1.20 bits per heavy atom. The van der Waals surface area contributed by atoms with Crippen molar-refractivity contribution >= 4 is 11.6 Å². The van der Waals surface area contributed by atoms with Crippen LogP contribution in [0.15, 0.2) is 24.3 Å². The average Bonchev–Trinajstić information content (AvgIpc) is 2.71. The largest absolute Gasteiger partial charge is 0.385 e. The van der Waals surface area contributed by atoms with E-state index in [-0.39, 0.29) is 5.92 Å². The first-order valence-electron chi connectivity index (χ1n) is 7.56. The number of nitrogens with one attached hydrogen (secondary N) is 1. The van der Waals surface area contributed by atoms with Gasteiger partial charge in [0.25, 0.3) is 0 Å². The summed E-state index contributed by atoms with van der Waals surface area (Å²) in [5.74, 6) is 0.352. The van der Waals surface area contributed by atoms with Crippen LogP contribution in [0.1, 0.15) is 24.3 Å². The van der Waals surface area contributed by atoms with Crippen LogP contribution in [0.2, 0.25) is 0 Å². The van der Waals surface area contributed by atoms with Crippen LogP contribution in [-0.2, 0) is 4.79 Å². The number of para-hydroxylation sites is 1. The maximum Gasteiger partial charge on any atom is 0.230 e. The Kier molecular flexibility index (Phi) is 3.92. The van der Waals surface area contributed by atoms with Gasteiger partial charge in [-0.25, -0.2) is 0 Å². The van der Waals surface area contributed by atoms with Crippen molar-refractivity contribution in [3.05, 3.63) is 29.8 Å². The van der Waals surface area contributed by atoms with Gasteiger partial charge in [0.1, 0.15) is 0 Å². The van der Waals surface area contributed by atoms with Gasteiger partial charge >= 0.3 is 0 Å². The Balaban J connectivity index is 1.77. The zero-order valence-corrected chi connectivity index (χ0v) is 12.1. The predicted molar refractivity (Wildman–Crippen MR) is 81.0 cm³/mol. The van der Waals surface area contributed by atoms with Crippen molar-refractivity contribution in [2.24, 2.45) is 0 Å². The van der Waals surface area contributed by atoms with Gasteiger partial charge in [-0.3, -0.25) is 4.79 Å². The summed E-state index contributed by atoms with van der Waals surface area (Å²) in [5, 5.41) is 3.39. The van der Waals surface area contributed by atoms with Crippen molar-refractivity contribution < 1.29 is 4.79 Å². The number of rotatable bonds is 1. The molecule has 1 saturated heterocycles. The number of hydrogen-bond donors (Lipinski definition) is 1. The zero-order chi connectivity index (χ0) is 13.9. The second-order valence-electron chi connectivity index (χ2n) is 5.84. The quantitative estimate of drug-likeness (QED) is 0.847. The molecule has 2 aliphatic rings. The van der Waals surface area contributed by atoms with Crippen molar-refractivity contribution in [2.75, 3.05) is 45.1 Å². The van der Waals surface area contributed by atoms with Crippen molar-refractivity contribution in [3.8, 4) is 0 Å². The summed E-state index contributed by atoms with van der Waals surface area (Å²) < 4.78 is 0. The molecule has 1 atom stereocenters. The van der Waals surface area contributed by atoms with Crippen LogP contribution in [0.5, 0.6) is 0 Å². The van der Waals surface area contributed by atoms with Crippen LogP contribution in [0.25, 0.3) is 0 Å². The first kappa shape index (κ1) is 13.4. The molecule has 1 aromatic carbocycles. The summed E-state index contributed by atoms with van der Waals surface area (Å²) in [7, 11) is 2.13. The fourth-order valence-corrected chi connectivity index (χ4v) is 3.21. The van der Waals surface area contributed by atoms with E-state index in [0.717, 1.165) is 51.3 Å². The molecule has 4 heteroatoms. The minimum atomic E-state index is 0.0378. The lowest BCUT2D eigenvalue weighted by atomic mass is 9.89. The molecule has 1 amide bonds. The second-order valence-corrected chi connectivity index (χ2v) is 5.84. The molecule has 1 unspecified atom stereocenters. The monoisotopic (exact) mass is 273 g/mol. The van der Waals surface area contributed by atoms with Crippen LogP contribution in [0.4, 0.5) is 5.69 Å². The van der Waals surface area contributed by atoms with E-state index < -0.39 is 0 Å². The summed E-state index contributed by atoms with van der Waals surface area (Å²) in [6.45, 7) is 4.73. The van der Waals surface area contributed by atoms with E-state index in [1.807, 2.05) is 12.1 Å². The number of nitrogens with zero attached hydrogens (tertiary/aromatic N) is 2. The highest BCUT2D eigenvalue weighted by Gasteiger charge is 2.30. The maximum atomic E-state index is 12.9. The highest BCUT2D eigenvalue weighted by molar-refractivity contribution is 5.86. The van der Waals surface area contributed by atoms with Gasteiger partial charge in [0.05, 0.1) is 5.92 Å². The normalized spacial score (nSPS) is 23.6. The number of hydrogen-bond acceptors (Lipinski definition) is 3. The summed E-state index contributed by atoms with van der Waals surface area (Å²) in [6, 6.07) is 8.22. The molecule has 1 fully saturated rings. The van der Waals surface area contributed by atoms with E-state index in [2.05, 4.69) is 34.3 Å². The topological polar surface area (TPSA) is 35.6 Å². The summed E-state index contributed by atoms with van der Waals surface area (Å²) >= 11 is 0. The standard InChI is InChI=1S/C16H23N3O/c1-18-9-4-10-19(12-11-18)16(20)14-7-8-17-15-6-3-2-5-13(14)15/h2-3,5-6,14,17H,4,7-12H2,1H3. The Labute approximate surface area is 120 Å². The SMILES string of the molecule is CN1CCCN(C(=O)C2CCNc3ccccc32)CC1. The van der Waals surface area contributed by atoms with Crippen LogP contribution in [-0.4, -0.2) is 55.5 Å². The average molecular weight is 273 g/mol. The van der Waals surface area contributed by atoms with E-state index in [0.29, 0.717) is 5.91 Å². The Hall–Kier alpha value is -1.55. The fourth-order valence-electron chi connectivity index (χ4n) is 3.21. The van der Waals surface area contributed by atoms with Gasteiger partial charge in [0.2, 0.25) is 5.91 Å². The molecule has 0 aromatic heterocycles. The summed E-state index contributed by atoms with van der Waals surface area (Å²) in [4.78, 5) is 17.2. The minimum absolute atomic E-state index is 0.0378. The minimum Gasteiger partial charge on any atom is -0.385 e. The van der Waals surface area contributed by atoms with Crippen molar-refractivity contribution in [1.82, 2.24) is 9.80 Å². The van der Waals surface area contributed by atoms with Crippen molar-refractivity contribution in [2.45, 2.75) is 18.8 Å². The Morgan fingerprint density at radius 2 is 2.05 bits per heavy atom. The second kappa shape index (κ2) is 5.83. The third kappa shape index (κ3) is 2.66. The first-order valence-corrected chi connectivity index (χ1v) is 7.56. The van der Waals surface area contributed by atoms with E-state index in [1.165, 1.54) is 5.56 Å². The number of carbonyl (C=O) groups is 1. The van der Waals surface area contributed by atoms with Gasteiger partial charge < -0.3 is 15.1 Å². The van der Waals surface area contributed by atoms with Crippen molar-refractivity contribution in [3.63, 3.8) is 0 Å².